The van der Waals surface area contributed by atoms with Crippen molar-refractivity contribution < 1.29 is 14.3 Å². The van der Waals surface area contributed by atoms with E-state index < -0.39 is 0 Å². The Labute approximate surface area is 182 Å². The zero-order chi connectivity index (χ0) is 22.0. The number of carbonyl (C=O) groups is 2. The summed E-state index contributed by atoms with van der Waals surface area (Å²) in [5, 5.41) is 4.63. The van der Waals surface area contributed by atoms with Crippen molar-refractivity contribution in [1.82, 2.24) is 9.88 Å². The summed E-state index contributed by atoms with van der Waals surface area (Å²) in [5.74, 6) is 0.427. The van der Waals surface area contributed by atoms with Crippen molar-refractivity contribution in [3.63, 3.8) is 0 Å². The van der Waals surface area contributed by atoms with Gasteiger partial charge in [-0.05, 0) is 62.9 Å². The first-order valence-corrected chi connectivity index (χ1v) is 10.6. The number of hydrogen-bond acceptors (Lipinski definition) is 5. The molecule has 1 atom stereocenters. The molecule has 0 bridgehead atoms. The van der Waals surface area contributed by atoms with Crippen molar-refractivity contribution in [3.05, 3.63) is 65.4 Å². The first kappa shape index (κ1) is 20.8. The third-order valence-electron chi connectivity index (χ3n) is 5.82. The molecule has 1 unspecified atom stereocenters. The molecule has 160 valence electrons. The number of unbranched alkanes of at least 4 members (excludes halogenated alkanes) is 1. The number of imide groups is 1. The Morgan fingerprint density at radius 1 is 1.06 bits per heavy atom. The lowest BCUT2D eigenvalue weighted by Gasteiger charge is -2.19. The topological polar surface area (TPSA) is 71.5 Å². The number of aromatic nitrogens is 1. The molecule has 0 saturated heterocycles. The van der Waals surface area contributed by atoms with Crippen molar-refractivity contribution in [1.29, 1.82) is 0 Å². The molecule has 6 nitrogen and oxygen atoms in total. The molecule has 2 heterocycles. The molecule has 0 saturated carbocycles. The number of methoxy groups -OCH3 is 1. The maximum absolute atomic E-state index is 12.5. The number of anilines is 1. The number of nitrogens with zero attached hydrogens (tertiary/aromatic N) is 2. The number of nitrogens with one attached hydrogen (secondary N) is 1. The van der Waals surface area contributed by atoms with Gasteiger partial charge >= 0.3 is 0 Å². The maximum Gasteiger partial charge on any atom is 0.261 e. The van der Waals surface area contributed by atoms with Gasteiger partial charge in [0.2, 0.25) is 0 Å². The zero-order valence-electron chi connectivity index (χ0n) is 18.1. The standard InChI is InChI=1S/C25H27N3O3/c1-16-11-12-26-23-21(16)14-18(31-3)15-22(23)27-17(2)8-6-7-13-28-24(29)19-9-4-5-10-20(19)25(28)30/h4-5,9-12,14-15,17,27H,6-8,13H2,1-3H3. The van der Waals surface area contributed by atoms with Crippen LogP contribution < -0.4 is 10.1 Å². The molecular weight excluding hydrogens is 390 g/mol. The van der Waals surface area contributed by atoms with Crippen LogP contribution in [-0.4, -0.2) is 41.4 Å². The Bertz CT molecular complexity index is 1110. The van der Waals surface area contributed by atoms with E-state index in [1.807, 2.05) is 24.4 Å². The summed E-state index contributed by atoms with van der Waals surface area (Å²) in [5.41, 5.74) is 4.05. The minimum absolute atomic E-state index is 0.184. The van der Waals surface area contributed by atoms with Gasteiger partial charge in [0, 0.05) is 30.2 Å². The van der Waals surface area contributed by atoms with Gasteiger partial charge in [-0.15, -0.1) is 0 Å². The van der Waals surface area contributed by atoms with Gasteiger partial charge in [-0.2, -0.15) is 0 Å². The number of carbonyl (C=O) groups excluding carboxylic acids is 2. The predicted octanol–water partition coefficient (Wildman–Crippen LogP) is 4.82. The van der Waals surface area contributed by atoms with Gasteiger partial charge in [0.1, 0.15) is 5.75 Å². The summed E-state index contributed by atoms with van der Waals surface area (Å²) in [7, 11) is 1.67. The van der Waals surface area contributed by atoms with E-state index >= 15 is 0 Å². The van der Waals surface area contributed by atoms with E-state index in [2.05, 4.69) is 24.1 Å². The van der Waals surface area contributed by atoms with Gasteiger partial charge < -0.3 is 10.1 Å². The number of ether oxygens (including phenoxy) is 1. The van der Waals surface area contributed by atoms with E-state index in [9.17, 15) is 9.59 Å². The van der Waals surface area contributed by atoms with E-state index in [-0.39, 0.29) is 17.9 Å². The lowest BCUT2D eigenvalue weighted by molar-refractivity contribution is 0.0651. The average molecular weight is 418 g/mol. The number of benzene rings is 2. The second-order valence-corrected chi connectivity index (χ2v) is 8.05. The second-order valence-electron chi connectivity index (χ2n) is 8.05. The summed E-state index contributed by atoms with van der Waals surface area (Å²) in [6, 6.07) is 13.2. The lowest BCUT2D eigenvalue weighted by Crippen LogP contribution is -2.30. The van der Waals surface area contributed by atoms with Gasteiger partial charge in [0.15, 0.2) is 0 Å². The Morgan fingerprint density at radius 3 is 2.45 bits per heavy atom. The Kier molecular flexibility index (Phi) is 5.89. The molecule has 1 aliphatic rings. The van der Waals surface area contributed by atoms with Crippen molar-refractivity contribution in [3.8, 4) is 5.75 Å². The molecule has 6 heteroatoms. The SMILES string of the molecule is COc1cc(NC(C)CCCCN2C(=O)c3ccccc3C2=O)c2nccc(C)c2c1. The van der Waals surface area contributed by atoms with Gasteiger partial charge in [0.05, 0.1) is 29.4 Å². The van der Waals surface area contributed by atoms with Gasteiger partial charge in [-0.3, -0.25) is 19.5 Å². The largest absolute Gasteiger partial charge is 0.497 e. The van der Waals surface area contributed by atoms with E-state index in [0.717, 1.165) is 47.2 Å². The van der Waals surface area contributed by atoms with E-state index in [0.29, 0.717) is 17.7 Å². The molecule has 0 radical (unpaired) electrons. The highest BCUT2D eigenvalue weighted by molar-refractivity contribution is 6.21. The van der Waals surface area contributed by atoms with Crippen molar-refractivity contribution in [2.45, 2.75) is 39.2 Å². The number of aryl methyl sites for hydroxylation is 1. The highest BCUT2D eigenvalue weighted by atomic mass is 16.5. The van der Waals surface area contributed by atoms with Crippen LogP contribution in [0, 0.1) is 6.92 Å². The first-order valence-electron chi connectivity index (χ1n) is 10.6. The van der Waals surface area contributed by atoms with Gasteiger partial charge in [-0.1, -0.05) is 12.1 Å². The van der Waals surface area contributed by atoms with Crippen molar-refractivity contribution >= 4 is 28.4 Å². The monoisotopic (exact) mass is 417 g/mol. The fourth-order valence-electron chi connectivity index (χ4n) is 4.09. The Balaban J connectivity index is 1.35. The van der Waals surface area contributed by atoms with Crippen molar-refractivity contribution in [2.75, 3.05) is 19.0 Å². The molecule has 4 rings (SSSR count). The molecule has 1 aliphatic heterocycles. The van der Waals surface area contributed by atoms with Crippen LogP contribution in [0.15, 0.2) is 48.7 Å². The molecule has 0 spiro atoms. The summed E-state index contributed by atoms with van der Waals surface area (Å²) in [6.45, 7) is 4.64. The minimum Gasteiger partial charge on any atom is -0.497 e. The molecule has 0 aliphatic carbocycles. The average Bonchev–Trinajstić information content (AvgIpc) is 3.02. The lowest BCUT2D eigenvalue weighted by atomic mass is 10.1. The molecule has 2 amide bonds. The smallest absolute Gasteiger partial charge is 0.261 e. The number of hydrogen-bond donors (Lipinski definition) is 1. The number of fused-ring (bicyclic) bond motifs is 2. The van der Waals surface area contributed by atoms with E-state index in [1.54, 1.807) is 31.4 Å². The third-order valence-corrected chi connectivity index (χ3v) is 5.82. The number of amides is 2. The number of rotatable bonds is 8. The van der Waals surface area contributed by atoms with Crippen LogP contribution in [0.3, 0.4) is 0 Å². The molecule has 1 N–H and O–H groups in total. The number of pyridine rings is 1. The van der Waals surface area contributed by atoms with E-state index in [1.165, 1.54) is 4.90 Å². The third kappa shape index (κ3) is 4.10. The summed E-state index contributed by atoms with van der Waals surface area (Å²) in [4.78, 5) is 30.8. The highest BCUT2D eigenvalue weighted by Gasteiger charge is 2.34. The Hall–Kier alpha value is -3.41. The predicted molar refractivity (Wildman–Crippen MR) is 122 cm³/mol. The molecule has 31 heavy (non-hydrogen) atoms. The summed E-state index contributed by atoms with van der Waals surface area (Å²) in [6.07, 6.45) is 4.40. The molecule has 2 aromatic carbocycles. The molecule has 1 aromatic heterocycles. The fraction of sp³-hybridized carbons (Fsp3) is 0.320. The first-order chi connectivity index (χ1) is 15.0. The summed E-state index contributed by atoms with van der Waals surface area (Å²) < 4.78 is 5.46. The molecule has 0 fully saturated rings. The van der Waals surface area contributed by atoms with Gasteiger partial charge in [0.25, 0.3) is 11.8 Å². The van der Waals surface area contributed by atoms with Crippen LogP contribution in [0.5, 0.6) is 5.75 Å². The van der Waals surface area contributed by atoms with Crippen LogP contribution in [0.25, 0.3) is 10.9 Å². The molecular formula is C25H27N3O3. The van der Waals surface area contributed by atoms with Crippen LogP contribution in [-0.2, 0) is 0 Å². The molecule has 3 aromatic rings. The minimum atomic E-state index is -0.184. The zero-order valence-corrected chi connectivity index (χ0v) is 18.1. The quantitative estimate of drug-likeness (QED) is 0.420. The second kappa shape index (κ2) is 8.76. The van der Waals surface area contributed by atoms with Crippen LogP contribution >= 0.6 is 0 Å². The summed E-state index contributed by atoms with van der Waals surface area (Å²) >= 11 is 0. The van der Waals surface area contributed by atoms with Crippen LogP contribution in [0.2, 0.25) is 0 Å². The maximum atomic E-state index is 12.5. The highest BCUT2D eigenvalue weighted by Crippen LogP contribution is 2.30. The Morgan fingerprint density at radius 2 is 1.77 bits per heavy atom. The van der Waals surface area contributed by atoms with Crippen molar-refractivity contribution in [2.24, 2.45) is 0 Å². The van der Waals surface area contributed by atoms with Crippen LogP contribution in [0.4, 0.5) is 5.69 Å². The van der Waals surface area contributed by atoms with E-state index in [4.69, 9.17) is 4.74 Å². The fourth-order valence-corrected chi connectivity index (χ4v) is 4.09. The normalized spacial score (nSPS) is 14.1. The van der Waals surface area contributed by atoms with Gasteiger partial charge in [-0.25, -0.2) is 0 Å². The van der Waals surface area contributed by atoms with Crippen LogP contribution in [0.1, 0.15) is 52.5 Å².